The highest BCUT2D eigenvalue weighted by Crippen LogP contribution is 2.15. The lowest BCUT2D eigenvalue weighted by Crippen LogP contribution is -2.46. The minimum atomic E-state index is 0.712. The molecule has 2 aliphatic rings. The molecular weight excluding hydrogens is 200 g/mol. The Hall–Kier alpha value is -0.120. The number of piperidine rings is 1. The van der Waals surface area contributed by atoms with Gasteiger partial charge in [-0.15, -0.1) is 0 Å². The summed E-state index contributed by atoms with van der Waals surface area (Å²) in [4.78, 5) is 2.58. The molecule has 2 fully saturated rings. The van der Waals surface area contributed by atoms with E-state index < -0.39 is 0 Å². The number of likely N-dealkylation sites (tertiary alicyclic amines) is 1. The predicted octanol–water partition coefficient (Wildman–Crippen LogP) is 1.49. The lowest BCUT2D eigenvalue weighted by Gasteiger charge is -2.35. The van der Waals surface area contributed by atoms with E-state index in [1.54, 1.807) is 0 Å². The van der Waals surface area contributed by atoms with Gasteiger partial charge < -0.3 is 15.0 Å². The standard InChI is InChI=1S/C13H26N2O/c1-11(2)15-6-3-13(4-7-15)14-9-12-5-8-16-10-12/h11-14H,3-10H2,1-2H3. The van der Waals surface area contributed by atoms with Crippen LogP contribution in [0.3, 0.4) is 0 Å². The number of ether oxygens (including phenoxy) is 1. The highest BCUT2D eigenvalue weighted by atomic mass is 16.5. The third-order valence-electron chi connectivity index (χ3n) is 3.98. The van der Waals surface area contributed by atoms with E-state index in [1.807, 2.05) is 0 Å². The topological polar surface area (TPSA) is 24.5 Å². The van der Waals surface area contributed by atoms with Crippen LogP contribution in [0, 0.1) is 5.92 Å². The molecule has 2 saturated heterocycles. The zero-order valence-corrected chi connectivity index (χ0v) is 10.7. The molecule has 1 N–H and O–H groups in total. The first-order chi connectivity index (χ1) is 7.75. The Morgan fingerprint density at radius 2 is 2.00 bits per heavy atom. The molecule has 0 aromatic carbocycles. The van der Waals surface area contributed by atoms with Gasteiger partial charge in [0.15, 0.2) is 0 Å². The van der Waals surface area contributed by atoms with Crippen molar-refractivity contribution in [3.8, 4) is 0 Å². The second-order valence-electron chi connectivity index (χ2n) is 5.54. The number of rotatable bonds is 4. The maximum atomic E-state index is 5.40. The molecule has 1 unspecified atom stereocenters. The van der Waals surface area contributed by atoms with Crippen LogP contribution in [0.5, 0.6) is 0 Å². The first kappa shape index (κ1) is 12.3. The fourth-order valence-electron chi connectivity index (χ4n) is 2.70. The normalized spacial score (nSPS) is 29.1. The highest BCUT2D eigenvalue weighted by molar-refractivity contribution is 4.80. The number of hydrogen-bond acceptors (Lipinski definition) is 3. The molecule has 94 valence electrons. The minimum absolute atomic E-state index is 0.712. The van der Waals surface area contributed by atoms with Crippen molar-refractivity contribution < 1.29 is 4.74 Å². The summed E-state index contributed by atoms with van der Waals surface area (Å²) in [6, 6.07) is 1.46. The van der Waals surface area contributed by atoms with Crippen LogP contribution >= 0.6 is 0 Å². The van der Waals surface area contributed by atoms with Crippen LogP contribution in [0.2, 0.25) is 0 Å². The second kappa shape index (κ2) is 5.99. The molecule has 0 bridgehead atoms. The van der Waals surface area contributed by atoms with E-state index in [9.17, 15) is 0 Å². The zero-order chi connectivity index (χ0) is 11.4. The van der Waals surface area contributed by atoms with Gasteiger partial charge in [-0.3, -0.25) is 0 Å². The highest BCUT2D eigenvalue weighted by Gasteiger charge is 2.22. The van der Waals surface area contributed by atoms with Gasteiger partial charge in [-0.1, -0.05) is 0 Å². The Morgan fingerprint density at radius 1 is 1.25 bits per heavy atom. The van der Waals surface area contributed by atoms with E-state index in [4.69, 9.17) is 4.74 Å². The zero-order valence-electron chi connectivity index (χ0n) is 10.7. The summed E-state index contributed by atoms with van der Waals surface area (Å²) in [5.74, 6) is 0.767. The summed E-state index contributed by atoms with van der Waals surface area (Å²) in [5, 5.41) is 3.72. The predicted molar refractivity (Wildman–Crippen MR) is 66.7 cm³/mol. The molecule has 0 aromatic heterocycles. The second-order valence-corrected chi connectivity index (χ2v) is 5.54. The molecule has 0 aliphatic carbocycles. The van der Waals surface area contributed by atoms with Crippen molar-refractivity contribution in [3.63, 3.8) is 0 Å². The molecule has 0 spiro atoms. The third kappa shape index (κ3) is 3.44. The molecule has 3 nitrogen and oxygen atoms in total. The van der Waals surface area contributed by atoms with Crippen LogP contribution < -0.4 is 5.32 Å². The van der Waals surface area contributed by atoms with Crippen LogP contribution in [-0.2, 0) is 4.74 Å². The van der Waals surface area contributed by atoms with Gasteiger partial charge >= 0.3 is 0 Å². The van der Waals surface area contributed by atoms with Crippen molar-refractivity contribution in [3.05, 3.63) is 0 Å². The Balaban J connectivity index is 1.61. The largest absolute Gasteiger partial charge is 0.381 e. The average Bonchev–Trinajstić information content (AvgIpc) is 2.80. The molecule has 3 heteroatoms. The average molecular weight is 226 g/mol. The third-order valence-corrected chi connectivity index (χ3v) is 3.98. The van der Waals surface area contributed by atoms with Gasteiger partial charge in [0, 0.05) is 25.2 Å². The summed E-state index contributed by atoms with van der Waals surface area (Å²) < 4.78 is 5.40. The molecule has 0 amide bonds. The van der Waals surface area contributed by atoms with Gasteiger partial charge in [-0.25, -0.2) is 0 Å². The van der Waals surface area contributed by atoms with Gasteiger partial charge in [-0.2, -0.15) is 0 Å². The maximum Gasteiger partial charge on any atom is 0.0507 e. The SMILES string of the molecule is CC(C)N1CCC(NCC2CCOC2)CC1. The van der Waals surface area contributed by atoms with Gasteiger partial charge in [0.05, 0.1) is 6.61 Å². The molecule has 2 aliphatic heterocycles. The van der Waals surface area contributed by atoms with E-state index >= 15 is 0 Å². The quantitative estimate of drug-likeness (QED) is 0.786. The number of nitrogens with one attached hydrogen (secondary N) is 1. The van der Waals surface area contributed by atoms with Crippen molar-refractivity contribution in [1.82, 2.24) is 10.2 Å². The minimum Gasteiger partial charge on any atom is -0.381 e. The van der Waals surface area contributed by atoms with E-state index in [-0.39, 0.29) is 0 Å². The van der Waals surface area contributed by atoms with Gasteiger partial charge in [0.2, 0.25) is 0 Å². The molecule has 2 rings (SSSR count). The summed E-state index contributed by atoms with van der Waals surface area (Å²) in [6.07, 6.45) is 3.87. The van der Waals surface area contributed by atoms with Crippen LogP contribution in [0.25, 0.3) is 0 Å². The molecule has 0 aromatic rings. The van der Waals surface area contributed by atoms with Gasteiger partial charge in [0.1, 0.15) is 0 Å². The number of hydrogen-bond donors (Lipinski definition) is 1. The van der Waals surface area contributed by atoms with Crippen LogP contribution in [0.1, 0.15) is 33.1 Å². The summed E-state index contributed by atoms with van der Waals surface area (Å²) in [7, 11) is 0. The fraction of sp³-hybridized carbons (Fsp3) is 1.00. The summed E-state index contributed by atoms with van der Waals surface area (Å²) in [6.45, 7) is 10.2. The first-order valence-electron chi connectivity index (χ1n) is 6.81. The monoisotopic (exact) mass is 226 g/mol. The summed E-state index contributed by atoms with van der Waals surface area (Å²) in [5.41, 5.74) is 0. The van der Waals surface area contributed by atoms with Crippen molar-refractivity contribution >= 4 is 0 Å². The lowest BCUT2D eigenvalue weighted by atomic mass is 10.0. The van der Waals surface area contributed by atoms with Crippen molar-refractivity contribution in [1.29, 1.82) is 0 Å². The molecule has 0 radical (unpaired) electrons. The maximum absolute atomic E-state index is 5.40. The van der Waals surface area contributed by atoms with Crippen molar-refractivity contribution in [2.24, 2.45) is 5.92 Å². The van der Waals surface area contributed by atoms with Crippen molar-refractivity contribution in [2.45, 2.75) is 45.2 Å². The van der Waals surface area contributed by atoms with Gasteiger partial charge in [-0.05, 0) is 52.1 Å². The van der Waals surface area contributed by atoms with Crippen LogP contribution in [0.4, 0.5) is 0 Å². The van der Waals surface area contributed by atoms with Crippen LogP contribution in [0.15, 0.2) is 0 Å². The van der Waals surface area contributed by atoms with E-state index in [0.29, 0.717) is 6.04 Å². The van der Waals surface area contributed by atoms with Crippen molar-refractivity contribution in [2.75, 3.05) is 32.8 Å². The van der Waals surface area contributed by atoms with E-state index in [1.165, 1.54) is 32.4 Å². The lowest BCUT2D eigenvalue weighted by molar-refractivity contribution is 0.156. The van der Waals surface area contributed by atoms with E-state index in [0.717, 1.165) is 31.7 Å². The Labute approximate surface area is 99.5 Å². The fourth-order valence-corrected chi connectivity index (χ4v) is 2.70. The molecule has 1 atom stereocenters. The van der Waals surface area contributed by atoms with Crippen LogP contribution in [-0.4, -0.2) is 49.8 Å². The molecule has 16 heavy (non-hydrogen) atoms. The molecular formula is C13H26N2O. The Kier molecular flexibility index (Phi) is 4.62. The van der Waals surface area contributed by atoms with Gasteiger partial charge in [0.25, 0.3) is 0 Å². The first-order valence-corrected chi connectivity index (χ1v) is 6.81. The summed E-state index contributed by atoms with van der Waals surface area (Å²) >= 11 is 0. The Morgan fingerprint density at radius 3 is 2.56 bits per heavy atom. The Bertz CT molecular complexity index is 194. The number of nitrogens with zero attached hydrogens (tertiary/aromatic N) is 1. The molecule has 2 heterocycles. The smallest absolute Gasteiger partial charge is 0.0507 e. The van der Waals surface area contributed by atoms with E-state index in [2.05, 4.69) is 24.1 Å². The molecule has 0 saturated carbocycles.